The molecule has 9 heteroatoms. The lowest BCUT2D eigenvalue weighted by Crippen LogP contribution is -2.24. The van der Waals surface area contributed by atoms with Crippen LogP contribution in [-0.2, 0) is 7.05 Å². The Morgan fingerprint density at radius 1 is 1.03 bits per heavy atom. The van der Waals surface area contributed by atoms with E-state index in [0.717, 1.165) is 38.2 Å². The molecule has 0 spiro atoms. The number of ether oxygens (including phenoxy) is 2. The lowest BCUT2D eigenvalue weighted by molar-refractivity contribution is 0.0825. The Hall–Kier alpha value is -3.59. The maximum Gasteiger partial charge on any atom is 0.197 e. The van der Waals surface area contributed by atoms with Crippen LogP contribution in [0.4, 0.5) is 0 Å². The summed E-state index contributed by atoms with van der Waals surface area (Å²) >= 11 is 1.48. The molecule has 0 saturated heterocycles. The molecule has 2 aromatic carbocycles. The van der Waals surface area contributed by atoms with E-state index < -0.39 is 0 Å². The van der Waals surface area contributed by atoms with Gasteiger partial charge in [0, 0.05) is 18.5 Å². The quantitative estimate of drug-likeness (QED) is 0.401. The molecule has 1 unspecified atom stereocenters. The summed E-state index contributed by atoms with van der Waals surface area (Å²) in [5, 5.41) is 16.0. The summed E-state index contributed by atoms with van der Waals surface area (Å²) in [5.74, 6) is 2.17. The minimum Gasteiger partial charge on any atom is -0.485 e. The molecule has 154 valence electrons. The van der Waals surface area contributed by atoms with E-state index in [4.69, 9.17) is 14.5 Å². The molecule has 5 aromatic rings. The largest absolute Gasteiger partial charge is 0.485 e. The van der Waals surface area contributed by atoms with Gasteiger partial charge in [0.1, 0.15) is 11.6 Å². The van der Waals surface area contributed by atoms with Crippen LogP contribution in [-0.4, -0.2) is 36.0 Å². The number of fused-ring (bicyclic) bond motifs is 4. The van der Waals surface area contributed by atoms with E-state index in [1.807, 2.05) is 77.7 Å². The van der Waals surface area contributed by atoms with E-state index in [2.05, 4.69) is 15.3 Å². The maximum atomic E-state index is 6.11. The molecule has 6 rings (SSSR count). The van der Waals surface area contributed by atoms with Crippen molar-refractivity contribution in [3.8, 4) is 11.5 Å². The smallest absolute Gasteiger partial charge is 0.197 e. The molecule has 0 aliphatic carbocycles. The molecule has 0 amide bonds. The molecule has 4 heterocycles. The molecule has 3 aromatic heterocycles. The van der Waals surface area contributed by atoms with Crippen LogP contribution in [0.15, 0.2) is 64.8 Å². The van der Waals surface area contributed by atoms with Gasteiger partial charge in [-0.3, -0.25) is 0 Å². The molecule has 0 fully saturated rings. The zero-order valence-electron chi connectivity index (χ0n) is 16.9. The number of rotatable bonds is 3. The average molecular weight is 430 g/mol. The molecule has 0 bridgehead atoms. The van der Waals surface area contributed by atoms with Crippen LogP contribution in [0.2, 0.25) is 0 Å². The minimum atomic E-state index is -0.327. The number of nitrogens with zero attached hydrogens (tertiary/aromatic N) is 6. The molecule has 8 nitrogen and oxygen atoms in total. The van der Waals surface area contributed by atoms with Crippen LogP contribution in [0.3, 0.4) is 0 Å². The number of benzene rings is 2. The maximum absolute atomic E-state index is 6.11. The Morgan fingerprint density at radius 2 is 1.84 bits per heavy atom. The number of hydrogen-bond acceptors (Lipinski definition) is 7. The van der Waals surface area contributed by atoms with Gasteiger partial charge in [-0.05, 0) is 36.9 Å². The number of aryl methyl sites for hydroxylation is 1. The topological polar surface area (TPSA) is 79.4 Å². The van der Waals surface area contributed by atoms with Gasteiger partial charge in [-0.25, -0.2) is 9.50 Å². The first-order valence-electron chi connectivity index (χ1n) is 9.88. The van der Waals surface area contributed by atoms with Crippen molar-refractivity contribution in [1.82, 2.24) is 29.4 Å². The second kappa shape index (κ2) is 6.98. The normalized spacial score (nSPS) is 15.6. The van der Waals surface area contributed by atoms with Crippen LogP contribution in [0, 0.1) is 6.92 Å². The van der Waals surface area contributed by atoms with Crippen molar-refractivity contribution in [3.63, 3.8) is 0 Å². The summed E-state index contributed by atoms with van der Waals surface area (Å²) in [6.07, 6.45) is -0.327. The van der Waals surface area contributed by atoms with E-state index in [0.29, 0.717) is 18.2 Å². The Morgan fingerprint density at radius 3 is 2.74 bits per heavy atom. The highest BCUT2D eigenvalue weighted by atomic mass is 32.2. The summed E-state index contributed by atoms with van der Waals surface area (Å²) in [6.45, 7) is 2.35. The summed E-state index contributed by atoms with van der Waals surface area (Å²) in [6, 6.07) is 17.7. The summed E-state index contributed by atoms with van der Waals surface area (Å²) in [4.78, 5) is 4.84. The van der Waals surface area contributed by atoms with Gasteiger partial charge in [-0.1, -0.05) is 30.3 Å². The first-order chi connectivity index (χ1) is 15.2. The molecule has 1 aliphatic heterocycles. The van der Waals surface area contributed by atoms with Gasteiger partial charge in [-0.15, -0.1) is 10.2 Å². The van der Waals surface area contributed by atoms with Crippen LogP contribution < -0.4 is 9.47 Å². The molecular formula is C22H18N6O2S. The van der Waals surface area contributed by atoms with Crippen LogP contribution >= 0.6 is 11.8 Å². The second-order valence-corrected chi connectivity index (χ2v) is 8.31. The van der Waals surface area contributed by atoms with Crippen LogP contribution in [0.5, 0.6) is 11.5 Å². The molecule has 1 aliphatic rings. The molecule has 1 atom stereocenters. The van der Waals surface area contributed by atoms with E-state index in [9.17, 15) is 0 Å². The van der Waals surface area contributed by atoms with Crippen LogP contribution in [0.25, 0.3) is 16.6 Å². The summed E-state index contributed by atoms with van der Waals surface area (Å²) < 4.78 is 15.8. The van der Waals surface area contributed by atoms with Gasteiger partial charge >= 0.3 is 0 Å². The summed E-state index contributed by atoms with van der Waals surface area (Å²) in [5.41, 5.74) is 2.74. The Labute approximate surface area is 181 Å². The molecule has 0 saturated carbocycles. The monoisotopic (exact) mass is 430 g/mol. The van der Waals surface area contributed by atoms with Gasteiger partial charge in [0.05, 0.1) is 11.2 Å². The van der Waals surface area contributed by atoms with Crippen molar-refractivity contribution in [2.75, 3.05) is 6.61 Å². The van der Waals surface area contributed by atoms with Gasteiger partial charge < -0.3 is 14.0 Å². The second-order valence-electron chi connectivity index (χ2n) is 7.36. The molecule has 31 heavy (non-hydrogen) atoms. The predicted molar refractivity (Wildman–Crippen MR) is 116 cm³/mol. The van der Waals surface area contributed by atoms with Crippen molar-refractivity contribution in [2.24, 2.45) is 7.05 Å². The van der Waals surface area contributed by atoms with Gasteiger partial charge in [0.15, 0.2) is 34.2 Å². The van der Waals surface area contributed by atoms with Crippen molar-refractivity contribution in [2.45, 2.75) is 23.2 Å². The van der Waals surface area contributed by atoms with Crippen molar-refractivity contribution >= 4 is 28.3 Å². The highest BCUT2D eigenvalue weighted by molar-refractivity contribution is 7.99. The molecule has 0 N–H and O–H groups in total. The fraction of sp³-hybridized carbons (Fsp3) is 0.182. The SMILES string of the molecule is Cc1cc2nc(Sc3nnc(C4COc5ccccc5O4)n3C)c3ccccc3n2n1. The standard InChI is InChI=1S/C22H18N6O2S/c1-13-11-19-23-21(14-7-3-4-8-15(14)28(19)26-13)31-22-25-24-20(27(22)2)18-12-29-16-9-5-6-10-17(16)30-18/h3-11,18H,12H2,1-2H3. The molecular weight excluding hydrogens is 412 g/mol. The zero-order chi connectivity index (χ0) is 20.9. The Balaban J connectivity index is 1.37. The van der Waals surface area contributed by atoms with E-state index in [1.54, 1.807) is 0 Å². The number of hydrogen-bond donors (Lipinski definition) is 0. The third-order valence-electron chi connectivity index (χ3n) is 5.24. The van der Waals surface area contributed by atoms with Gasteiger partial charge in [0.2, 0.25) is 0 Å². The zero-order valence-corrected chi connectivity index (χ0v) is 17.7. The average Bonchev–Trinajstić information content (AvgIpc) is 3.35. The fourth-order valence-corrected chi connectivity index (χ4v) is 4.66. The van der Waals surface area contributed by atoms with E-state index >= 15 is 0 Å². The van der Waals surface area contributed by atoms with E-state index in [-0.39, 0.29) is 6.10 Å². The minimum absolute atomic E-state index is 0.327. The Bertz CT molecular complexity index is 1440. The third-order valence-corrected chi connectivity index (χ3v) is 6.29. The van der Waals surface area contributed by atoms with Crippen molar-refractivity contribution in [3.05, 3.63) is 66.1 Å². The molecule has 0 radical (unpaired) electrons. The lowest BCUT2D eigenvalue weighted by Gasteiger charge is -2.25. The first-order valence-corrected chi connectivity index (χ1v) is 10.7. The van der Waals surface area contributed by atoms with E-state index in [1.165, 1.54) is 11.8 Å². The summed E-state index contributed by atoms with van der Waals surface area (Å²) in [7, 11) is 1.94. The van der Waals surface area contributed by atoms with Crippen molar-refractivity contribution in [1.29, 1.82) is 0 Å². The Kier molecular flexibility index (Phi) is 4.10. The van der Waals surface area contributed by atoms with Crippen molar-refractivity contribution < 1.29 is 9.47 Å². The highest BCUT2D eigenvalue weighted by Gasteiger charge is 2.28. The number of aromatic nitrogens is 6. The fourth-order valence-electron chi connectivity index (χ4n) is 3.75. The predicted octanol–water partition coefficient (Wildman–Crippen LogP) is 3.98. The highest BCUT2D eigenvalue weighted by Crippen LogP contribution is 2.37. The lowest BCUT2D eigenvalue weighted by atomic mass is 10.2. The van der Waals surface area contributed by atoms with Gasteiger partial charge in [0.25, 0.3) is 0 Å². The van der Waals surface area contributed by atoms with Gasteiger partial charge in [-0.2, -0.15) is 5.10 Å². The van der Waals surface area contributed by atoms with Crippen LogP contribution in [0.1, 0.15) is 17.6 Å². The third kappa shape index (κ3) is 3.00. The first kappa shape index (κ1) is 18.2. The number of para-hydroxylation sites is 3.